The van der Waals surface area contributed by atoms with Crippen molar-refractivity contribution in [2.24, 2.45) is 0 Å². The van der Waals surface area contributed by atoms with Crippen LogP contribution >= 0.6 is 0 Å². The van der Waals surface area contributed by atoms with Gasteiger partial charge >= 0.3 is 0 Å². The van der Waals surface area contributed by atoms with E-state index in [-0.39, 0.29) is 23.6 Å². The van der Waals surface area contributed by atoms with Gasteiger partial charge in [0.05, 0.1) is 19.2 Å². The number of nitrogens with zero attached hydrogens (tertiary/aromatic N) is 4. The van der Waals surface area contributed by atoms with E-state index in [0.717, 1.165) is 16.8 Å². The monoisotopic (exact) mass is 450 g/mol. The third kappa shape index (κ3) is 4.46. The number of hydrogen-bond donors (Lipinski definition) is 0. The van der Waals surface area contributed by atoms with Crippen molar-refractivity contribution >= 4 is 12.0 Å². The first-order valence-electron chi connectivity index (χ1n) is 10.7. The maximum Gasteiger partial charge on any atom is 0.289 e. The second-order valence-electron chi connectivity index (χ2n) is 8.59. The van der Waals surface area contributed by atoms with Gasteiger partial charge in [-0.25, -0.2) is 14.1 Å². The van der Waals surface area contributed by atoms with Crippen molar-refractivity contribution in [2.75, 3.05) is 13.7 Å². The van der Waals surface area contributed by atoms with Crippen LogP contribution in [0.3, 0.4) is 0 Å². The minimum Gasteiger partial charge on any atom is -0.494 e. The molecule has 1 amide bonds. The summed E-state index contributed by atoms with van der Waals surface area (Å²) in [5, 5.41) is 4.33. The molecule has 2 aromatic carbocycles. The van der Waals surface area contributed by atoms with Crippen LogP contribution in [0.5, 0.6) is 5.75 Å². The Morgan fingerprint density at radius 2 is 1.94 bits per heavy atom. The first kappa shape index (κ1) is 22.5. The van der Waals surface area contributed by atoms with E-state index < -0.39 is 5.54 Å². The van der Waals surface area contributed by atoms with E-state index in [1.165, 1.54) is 12.1 Å². The van der Waals surface area contributed by atoms with Crippen LogP contribution in [-0.4, -0.2) is 45.3 Å². The molecule has 0 aliphatic carbocycles. The number of amides is 1. The van der Waals surface area contributed by atoms with Crippen LogP contribution in [0.25, 0.3) is 11.8 Å². The smallest absolute Gasteiger partial charge is 0.289 e. The van der Waals surface area contributed by atoms with Crippen molar-refractivity contribution in [3.05, 3.63) is 77.3 Å². The predicted octanol–water partition coefficient (Wildman–Crippen LogP) is 4.25. The van der Waals surface area contributed by atoms with Crippen LogP contribution < -0.4 is 4.74 Å². The normalized spacial score (nSPS) is 17.9. The predicted molar refractivity (Wildman–Crippen MR) is 122 cm³/mol. The first-order chi connectivity index (χ1) is 15.7. The number of carbonyl (C=O) groups is 1. The molecule has 33 heavy (non-hydrogen) atoms. The third-order valence-corrected chi connectivity index (χ3v) is 5.80. The molecule has 1 aliphatic rings. The van der Waals surface area contributed by atoms with Gasteiger partial charge in [0.15, 0.2) is 5.76 Å². The largest absolute Gasteiger partial charge is 0.494 e. The molecule has 0 N–H and O–H groups in total. The van der Waals surface area contributed by atoms with Gasteiger partial charge < -0.3 is 14.4 Å². The Labute approximate surface area is 192 Å². The standard InChI is InChI=1S/C25H27FN4O3/c1-16-14-29(25(3,4)19-7-9-20(26)10-8-19)24(31)23(33-16)13-18-6-11-21(22(12-18)32-5)30-15-27-17(2)28-30/h6-13,15-16H,14H2,1-5H3/b23-13-/t16-/m0/s1. The van der Waals surface area contributed by atoms with Gasteiger partial charge in [0.1, 0.15) is 35.5 Å². The van der Waals surface area contributed by atoms with Crippen LogP contribution in [0.4, 0.5) is 4.39 Å². The summed E-state index contributed by atoms with van der Waals surface area (Å²) in [5.41, 5.74) is 1.70. The van der Waals surface area contributed by atoms with Crippen molar-refractivity contribution in [2.45, 2.75) is 39.3 Å². The summed E-state index contributed by atoms with van der Waals surface area (Å²) >= 11 is 0. The lowest BCUT2D eigenvalue weighted by Crippen LogP contribution is -2.53. The van der Waals surface area contributed by atoms with Crippen LogP contribution in [0, 0.1) is 12.7 Å². The van der Waals surface area contributed by atoms with Gasteiger partial charge in [-0.05, 0) is 69.2 Å². The number of halogens is 1. The molecular formula is C25H27FN4O3. The first-order valence-corrected chi connectivity index (χ1v) is 10.7. The van der Waals surface area contributed by atoms with E-state index in [0.29, 0.717) is 18.1 Å². The number of aromatic nitrogens is 3. The lowest BCUT2D eigenvalue weighted by Gasteiger charge is -2.43. The average Bonchev–Trinajstić information content (AvgIpc) is 3.22. The molecule has 1 aromatic heterocycles. The van der Waals surface area contributed by atoms with E-state index >= 15 is 0 Å². The van der Waals surface area contributed by atoms with E-state index in [2.05, 4.69) is 10.1 Å². The molecule has 0 bridgehead atoms. The molecule has 0 spiro atoms. The summed E-state index contributed by atoms with van der Waals surface area (Å²) in [6.45, 7) is 8.06. The van der Waals surface area contributed by atoms with Crippen molar-refractivity contribution < 1.29 is 18.7 Å². The van der Waals surface area contributed by atoms with E-state index in [1.54, 1.807) is 41.2 Å². The number of aryl methyl sites for hydroxylation is 1. The molecule has 0 unspecified atom stereocenters. The van der Waals surface area contributed by atoms with Crippen LogP contribution in [0.1, 0.15) is 37.7 Å². The fraction of sp³-hybridized carbons (Fsp3) is 0.320. The van der Waals surface area contributed by atoms with Crippen molar-refractivity contribution in [3.63, 3.8) is 0 Å². The van der Waals surface area contributed by atoms with Gasteiger partial charge in [0, 0.05) is 0 Å². The highest BCUT2D eigenvalue weighted by molar-refractivity contribution is 5.97. The molecule has 0 saturated carbocycles. The van der Waals surface area contributed by atoms with Gasteiger partial charge in [-0.1, -0.05) is 18.2 Å². The number of ether oxygens (including phenoxy) is 2. The van der Waals surface area contributed by atoms with Crippen LogP contribution in [0.15, 0.2) is 54.6 Å². The second kappa shape index (κ2) is 8.69. The number of methoxy groups -OCH3 is 1. The Morgan fingerprint density at radius 3 is 2.58 bits per heavy atom. The molecule has 172 valence electrons. The highest BCUT2D eigenvalue weighted by Crippen LogP contribution is 2.33. The summed E-state index contributed by atoms with van der Waals surface area (Å²) in [5.74, 6) is 0.958. The van der Waals surface area contributed by atoms with Crippen molar-refractivity contribution in [1.29, 1.82) is 0 Å². The van der Waals surface area contributed by atoms with Gasteiger partial charge in [-0.3, -0.25) is 4.79 Å². The van der Waals surface area contributed by atoms with E-state index in [9.17, 15) is 9.18 Å². The second-order valence-corrected chi connectivity index (χ2v) is 8.59. The molecule has 0 radical (unpaired) electrons. The Kier molecular flexibility index (Phi) is 5.93. The number of carbonyl (C=O) groups excluding carboxylic acids is 1. The van der Waals surface area contributed by atoms with Crippen molar-refractivity contribution in [3.8, 4) is 11.4 Å². The molecular weight excluding hydrogens is 423 g/mol. The Bertz CT molecular complexity index is 1200. The Balaban J connectivity index is 1.66. The lowest BCUT2D eigenvalue weighted by molar-refractivity contribution is -0.146. The number of benzene rings is 2. The zero-order valence-electron chi connectivity index (χ0n) is 19.4. The molecule has 8 heteroatoms. The summed E-state index contributed by atoms with van der Waals surface area (Å²) in [7, 11) is 1.58. The lowest BCUT2D eigenvalue weighted by atomic mass is 9.91. The zero-order valence-corrected chi connectivity index (χ0v) is 19.4. The molecule has 4 rings (SSSR count). The summed E-state index contributed by atoms with van der Waals surface area (Å²) in [6, 6.07) is 11.8. The van der Waals surface area contributed by atoms with Crippen LogP contribution in [0.2, 0.25) is 0 Å². The fourth-order valence-corrected chi connectivity index (χ4v) is 3.96. The molecule has 1 atom stereocenters. The molecule has 7 nitrogen and oxygen atoms in total. The summed E-state index contributed by atoms with van der Waals surface area (Å²) in [6.07, 6.45) is 3.13. The van der Waals surface area contributed by atoms with Gasteiger partial charge in [0.2, 0.25) is 0 Å². The average molecular weight is 451 g/mol. The molecule has 1 saturated heterocycles. The molecule has 1 fully saturated rings. The Hall–Kier alpha value is -3.68. The minimum atomic E-state index is -0.644. The number of morpholine rings is 1. The Morgan fingerprint density at radius 1 is 1.21 bits per heavy atom. The zero-order chi connectivity index (χ0) is 23.8. The van der Waals surface area contributed by atoms with Crippen molar-refractivity contribution in [1.82, 2.24) is 19.7 Å². The van der Waals surface area contributed by atoms with Crippen LogP contribution in [-0.2, 0) is 15.1 Å². The number of hydrogen-bond acceptors (Lipinski definition) is 5. The maximum atomic E-state index is 13.4. The van der Waals surface area contributed by atoms with Gasteiger partial charge in [-0.15, -0.1) is 0 Å². The van der Waals surface area contributed by atoms with E-state index in [4.69, 9.17) is 9.47 Å². The third-order valence-electron chi connectivity index (χ3n) is 5.80. The molecule has 2 heterocycles. The molecule has 1 aliphatic heterocycles. The highest BCUT2D eigenvalue weighted by Gasteiger charge is 2.39. The van der Waals surface area contributed by atoms with Gasteiger partial charge in [-0.2, -0.15) is 5.10 Å². The molecule has 3 aromatic rings. The highest BCUT2D eigenvalue weighted by atomic mass is 19.1. The van der Waals surface area contributed by atoms with E-state index in [1.807, 2.05) is 45.9 Å². The topological polar surface area (TPSA) is 69.5 Å². The fourth-order valence-electron chi connectivity index (χ4n) is 3.96. The SMILES string of the molecule is COc1cc(/C=C2\O[C@@H](C)CN(C(C)(C)c3ccc(F)cc3)C2=O)ccc1-n1cnc(C)n1. The number of rotatable bonds is 5. The maximum absolute atomic E-state index is 13.4. The quantitative estimate of drug-likeness (QED) is 0.544. The van der Waals surface area contributed by atoms with Gasteiger partial charge in [0.25, 0.3) is 5.91 Å². The summed E-state index contributed by atoms with van der Waals surface area (Å²) < 4.78 is 26.5. The minimum absolute atomic E-state index is 0.201. The summed E-state index contributed by atoms with van der Waals surface area (Å²) in [4.78, 5) is 19.3.